The number of anilines is 1. The number of rotatable bonds is 4. The molecule has 0 saturated carbocycles. The number of nitrogens with one attached hydrogen (secondary N) is 2. The van der Waals surface area contributed by atoms with Crippen LogP contribution in [0.3, 0.4) is 0 Å². The largest absolute Gasteiger partial charge is 0.476 e. The summed E-state index contributed by atoms with van der Waals surface area (Å²) in [5.41, 5.74) is 0.0237. The number of carbonyl (C=O) groups is 1. The van der Waals surface area contributed by atoms with Gasteiger partial charge in [0.05, 0.1) is 6.54 Å². The van der Waals surface area contributed by atoms with E-state index in [4.69, 9.17) is 5.11 Å². The first-order valence-electron chi connectivity index (χ1n) is 3.90. The number of aromatic nitrogens is 5. The van der Waals surface area contributed by atoms with Crippen LogP contribution in [0, 0.1) is 0 Å². The molecule has 9 heteroatoms. The molecule has 15 heavy (non-hydrogen) atoms. The highest BCUT2D eigenvalue weighted by Crippen LogP contribution is 2.15. The van der Waals surface area contributed by atoms with Crippen molar-refractivity contribution in [1.29, 1.82) is 0 Å². The SMILES string of the molecule is O=C(O)c1csc(NCc2nn[nH]n2)n1. The summed E-state index contributed by atoms with van der Waals surface area (Å²) in [6.07, 6.45) is 0. The fraction of sp³-hybridized carbons (Fsp3) is 0.167. The van der Waals surface area contributed by atoms with Gasteiger partial charge in [0.15, 0.2) is 16.6 Å². The zero-order chi connectivity index (χ0) is 10.7. The molecule has 78 valence electrons. The van der Waals surface area contributed by atoms with E-state index in [1.165, 1.54) is 16.7 Å². The summed E-state index contributed by atoms with van der Waals surface area (Å²) in [5, 5.41) is 26.6. The number of nitrogens with zero attached hydrogens (tertiary/aromatic N) is 4. The minimum atomic E-state index is -1.04. The van der Waals surface area contributed by atoms with E-state index in [0.29, 0.717) is 17.5 Å². The van der Waals surface area contributed by atoms with Crippen LogP contribution in [0.25, 0.3) is 0 Å². The van der Waals surface area contributed by atoms with Gasteiger partial charge in [-0.05, 0) is 0 Å². The Bertz CT molecular complexity index is 452. The summed E-state index contributed by atoms with van der Waals surface area (Å²) in [5.74, 6) is -0.555. The molecule has 0 aliphatic carbocycles. The number of carboxylic acids is 1. The van der Waals surface area contributed by atoms with Gasteiger partial charge in [-0.3, -0.25) is 0 Å². The highest BCUT2D eigenvalue weighted by molar-refractivity contribution is 7.13. The summed E-state index contributed by atoms with van der Waals surface area (Å²) < 4.78 is 0. The molecule has 0 amide bonds. The second-order valence-electron chi connectivity index (χ2n) is 2.52. The Balaban J connectivity index is 1.96. The highest BCUT2D eigenvalue weighted by Gasteiger charge is 2.08. The van der Waals surface area contributed by atoms with Gasteiger partial charge in [0.25, 0.3) is 0 Å². The van der Waals surface area contributed by atoms with Crippen LogP contribution in [-0.2, 0) is 6.54 Å². The predicted molar refractivity (Wildman–Crippen MR) is 50.6 cm³/mol. The third-order valence-corrected chi connectivity index (χ3v) is 2.31. The standard InChI is InChI=1S/C6H6N6O2S/c13-5(14)3-2-15-6(8-3)7-1-4-9-11-12-10-4/h2H,1H2,(H,7,8)(H,13,14)(H,9,10,11,12). The third kappa shape index (κ3) is 2.26. The molecule has 8 nitrogen and oxygen atoms in total. The second kappa shape index (κ2) is 4.00. The summed E-state index contributed by atoms with van der Waals surface area (Å²) in [6, 6.07) is 0. The van der Waals surface area contributed by atoms with Gasteiger partial charge < -0.3 is 10.4 Å². The maximum atomic E-state index is 10.5. The van der Waals surface area contributed by atoms with Crippen molar-refractivity contribution in [3.05, 3.63) is 16.9 Å². The average Bonchev–Trinajstić information content (AvgIpc) is 2.86. The number of tetrazole rings is 1. The normalized spacial score (nSPS) is 10.1. The van der Waals surface area contributed by atoms with Crippen LogP contribution in [0.5, 0.6) is 0 Å². The van der Waals surface area contributed by atoms with Gasteiger partial charge >= 0.3 is 5.97 Å². The van der Waals surface area contributed by atoms with Crippen molar-refractivity contribution in [2.45, 2.75) is 6.54 Å². The van der Waals surface area contributed by atoms with Gasteiger partial charge in [0, 0.05) is 5.38 Å². The van der Waals surface area contributed by atoms with E-state index < -0.39 is 5.97 Å². The highest BCUT2D eigenvalue weighted by atomic mass is 32.1. The smallest absolute Gasteiger partial charge is 0.355 e. The first-order valence-corrected chi connectivity index (χ1v) is 4.78. The lowest BCUT2D eigenvalue weighted by atomic mass is 10.5. The summed E-state index contributed by atoms with van der Waals surface area (Å²) in [4.78, 5) is 14.4. The molecule has 0 aliphatic heterocycles. The Morgan fingerprint density at radius 3 is 3.13 bits per heavy atom. The van der Waals surface area contributed by atoms with Crippen LogP contribution in [0.1, 0.15) is 16.3 Å². The Labute approximate surface area is 87.4 Å². The van der Waals surface area contributed by atoms with E-state index in [2.05, 4.69) is 30.9 Å². The quantitative estimate of drug-likeness (QED) is 0.669. The van der Waals surface area contributed by atoms with Gasteiger partial charge in [0.1, 0.15) is 0 Å². The molecule has 0 unspecified atom stereocenters. The minimum Gasteiger partial charge on any atom is -0.476 e. The topological polar surface area (TPSA) is 117 Å². The molecule has 0 aliphatic rings. The van der Waals surface area contributed by atoms with Crippen LogP contribution >= 0.6 is 11.3 Å². The maximum Gasteiger partial charge on any atom is 0.355 e. The van der Waals surface area contributed by atoms with Crippen LogP contribution in [0.15, 0.2) is 5.38 Å². The molecule has 2 aromatic rings. The van der Waals surface area contributed by atoms with Gasteiger partial charge in [-0.15, -0.1) is 21.5 Å². The van der Waals surface area contributed by atoms with Gasteiger partial charge in [-0.25, -0.2) is 9.78 Å². The van der Waals surface area contributed by atoms with Gasteiger partial charge in [-0.2, -0.15) is 5.21 Å². The Hall–Kier alpha value is -2.03. The lowest BCUT2D eigenvalue weighted by molar-refractivity contribution is 0.0691. The maximum absolute atomic E-state index is 10.5. The lowest BCUT2D eigenvalue weighted by Gasteiger charge is -1.95. The fourth-order valence-electron chi connectivity index (χ4n) is 0.865. The summed E-state index contributed by atoms with van der Waals surface area (Å²) >= 11 is 1.21. The Kier molecular flexibility index (Phi) is 2.54. The Morgan fingerprint density at radius 1 is 1.67 bits per heavy atom. The molecule has 0 radical (unpaired) electrons. The molecular formula is C6H6N6O2S. The van der Waals surface area contributed by atoms with Crippen molar-refractivity contribution in [3.63, 3.8) is 0 Å². The number of carboxylic acid groups (broad SMARTS) is 1. The zero-order valence-corrected chi connectivity index (χ0v) is 8.15. The minimum absolute atomic E-state index is 0.0237. The summed E-state index contributed by atoms with van der Waals surface area (Å²) in [7, 11) is 0. The molecule has 0 saturated heterocycles. The van der Waals surface area contributed by atoms with E-state index in [-0.39, 0.29) is 5.69 Å². The van der Waals surface area contributed by atoms with Crippen molar-refractivity contribution in [2.24, 2.45) is 0 Å². The molecule has 0 spiro atoms. The molecular weight excluding hydrogens is 220 g/mol. The summed E-state index contributed by atoms with van der Waals surface area (Å²) in [6.45, 7) is 0.350. The number of H-pyrrole nitrogens is 1. The molecule has 0 atom stereocenters. The van der Waals surface area contributed by atoms with Gasteiger partial charge in [0.2, 0.25) is 0 Å². The molecule has 0 fully saturated rings. The number of hydrogen-bond donors (Lipinski definition) is 3. The van der Waals surface area contributed by atoms with Crippen LogP contribution in [0.4, 0.5) is 5.13 Å². The predicted octanol–water partition coefficient (Wildman–Crippen LogP) is -0.0335. The van der Waals surface area contributed by atoms with Crippen LogP contribution in [-0.4, -0.2) is 36.7 Å². The van der Waals surface area contributed by atoms with Crippen LogP contribution < -0.4 is 5.32 Å². The van der Waals surface area contributed by atoms with Crippen molar-refractivity contribution >= 4 is 22.4 Å². The van der Waals surface area contributed by atoms with Crippen molar-refractivity contribution in [3.8, 4) is 0 Å². The number of thiazole rings is 1. The van der Waals surface area contributed by atoms with E-state index in [9.17, 15) is 4.79 Å². The number of aromatic amines is 1. The average molecular weight is 226 g/mol. The zero-order valence-electron chi connectivity index (χ0n) is 7.34. The van der Waals surface area contributed by atoms with E-state index >= 15 is 0 Å². The second-order valence-corrected chi connectivity index (χ2v) is 3.38. The first kappa shape index (κ1) is 9.52. The molecule has 2 heterocycles. The molecule has 0 aromatic carbocycles. The van der Waals surface area contributed by atoms with E-state index in [0.717, 1.165) is 0 Å². The third-order valence-electron chi connectivity index (χ3n) is 1.51. The monoisotopic (exact) mass is 226 g/mol. The molecule has 3 N–H and O–H groups in total. The number of aromatic carboxylic acids is 1. The molecule has 2 rings (SSSR count). The van der Waals surface area contributed by atoms with Gasteiger partial charge in [-0.1, -0.05) is 5.21 Å². The lowest BCUT2D eigenvalue weighted by Crippen LogP contribution is -2.02. The molecule has 2 aromatic heterocycles. The van der Waals surface area contributed by atoms with Crippen molar-refractivity contribution in [1.82, 2.24) is 25.6 Å². The fourth-order valence-corrected chi connectivity index (χ4v) is 1.55. The van der Waals surface area contributed by atoms with Crippen molar-refractivity contribution in [2.75, 3.05) is 5.32 Å². The van der Waals surface area contributed by atoms with Crippen molar-refractivity contribution < 1.29 is 9.90 Å². The molecule has 0 bridgehead atoms. The first-order chi connectivity index (χ1) is 7.25. The van der Waals surface area contributed by atoms with E-state index in [1.807, 2.05) is 0 Å². The van der Waals surface area contributed by atoms with Crippen LogP contribution in [0.2, 0.25) is 0 Å². The number of hydrogen-bond acceptors (Lipinski definition) is 7. The van der Waals surface area contributed by atoms with E-state index in [1.54, 1.807) is 0 Å². The Morgan fingerprint density at radius 2 is 2.53 bits per heavy atom.